The molecular formula is C7H13Br. The van der Waals surface area contributed by atoms with Crippen LogP contribution < -0.4 is 0 Å². The second-order valence-electron chi connectivity index (χ2n) is 2.51. The second-order valence-corrected chi connectivity index (χ2v) is 4.22. The van der Waals surface area contributed by atoms with Crippen LogP contribution in [0.5, 0.6) is 0 Å². The molecule has 0 aromatic rings. The first-order valence-electron chi connectivity index (χ1n) is 2.83. The fourth-order valence-electron chi connectivity index (χ4n) is 0.236. The quantitative estimate of drug-likeness (QED) is 0.449. The van der Waals surface area contributed by atoms with Crippen molar-refractivity contribution in [1.29, 1.82) is 0 Å². The first kappa shape index (κ1) is 8.22. The molecule has 1 atom stereocenters. The van der Waals surface area contributed by atoms with Crippen molar-refractivity contribution >= 4 is 15.9 Å². The van der Waals surface area contributed by atoms with Crippen LogP contribution in [0.15, 0.2) is 12.7 Å². The molecule has 0 bridgehead atoms. The summed E-state index contributed by atoms with van der Waals surface area (Å²) >= 11 is 3.53. The molecule has 0 N–H and O–H groups in total. The van der Waals surface area contributed by atoms with Crippen LogP contribution in [0.3, 0.4) is 0 Å². The van der Waals surface area contributed by atoms with Gasteiger partial charge in [0, 0.05) is 4.32 Å². The molecular weight excluding hydrogens is 164 g/mol. The minimum absolute atomic E-state index is 0.118. The molecule has 0 saturated carbocycles. The predicted octanol–water partition coefficient (Wildman–Crippen LogP) is 2.98. The van der Waals surface area contributed by atoms with Gasteiger partial charge in [-0.3, -0.25) is 0 Å². The van der Waals surface area contributed by atoms with Crippen molar-refractivity contribution in [1.82, 2.24) is 0 Å². The van der Waals surface area contributed by atoms with Crippen LogP contribution in [0.1, 0.15) is 20.8 Å². The van der Waals surface area contributed by atoms with Crippen LogP contribution in [0.2, 0.25) is 0 Å². The average molecular weight is 177 g/mol. The summed E-state index contributed by atoms with van der Waals surface area (Å²) in [5.41, 5.74) is 0. The van der Waals surface area contributed by atoms with Crippen molar-refractivity contribution in [3.8, 4) is 0 Å². The normalized spacial score (nSPS) is 18.1. The third-order valence-electron chi connectivity index (χ3n) is 1.53. The highest BCUT2D eigenvalue weighted by Gasteiger charge is 2.19. The highest BCUT2D eigenvalue weighted by atomic mass is 79.9. The van der Waals surface area contributed by atoms with Crippen molar-refractivity contribution in [2.75, 3.05) is 0 Å². The predicted molar refractivity (Wildman–Crippen MR) is 42.4 cm³/mol. The lowest BCUT2D eigenvalue weighted by Crippen LogP contribution is -2.19. The van der Waals surface area contributed by atoms with Gasteiger partial charge in [0.25, 0.3) is 0 Å². The van der Waals surface area contributed by atoms with Crippen molar-refractivity contribution < 1.29 is 0 Å². The fourth-order valence-corrected chi connectivity index (χ4v) is 0.236. The van der Waals surface area contributed by atoms with Gasteiger partial charge in [-0.25, -0.2) is 0 Å². The smallest absolute Gasteiger partial charge is 0.0428 e. The van der Waals surface area contributed by atoms with Gasteiger partial charge < -0.3 is 0 Å². The monoisotopic (exact) mass is 176 g/mol. The minimum Gasteiger partial charge on any atom is -0.102 e. The van der Waals surface area contributed by atoms with Crippen molar-refractivity contribution in [2.24, 2.45) is 5.92 Å². The minimum atomic E-state index is 0.118. The zero-order valence-corrected chi connectivity index (χ0v) is 7.33. The van der Waals surface area contributed by atoms with E-state index in [4.69, 9.17) is 0 Å². The molecule has 0 aliphatic heterocycles. The number of hydrogen-bond donors (Lipinski definition) is 0. The molecule has 0 aromatic heterocycles. The first-order valence-corrected chi connectivity index (χ1v) is 3.62. The molecule has 1 heteroatoms. The summed E-state index contributed by atoms with van der Waals surface area (Å²) in [6, 6.07) is 0. The van der Waals surface area contributed by atoms with Crippen molar-refractivity contribution in [3.63, 3.8) is 0 Å². The maximum Gasteiger partial charge on any atom is 0.0428 e. The SMILES string of the molecule is C=CC(C)(Br)C(C)C. The Morgan fingerprint density at radius 2 is 2.00 bits per heavy atom. The average Bonchev–Trinajstić information content (AvgIpc) is 1.67. The summed E-state index contributed by atoms with van der Waals surface area (Å²) in [4.78, 5) is 0. The zero-order valence-electron chi connectivity index (χ0n) is 5.74. The van der Waals surface area contributed by atoms with E-state index in [1.54, 1.807) is 0 Å². The molecule has 0 aromatic carbocycles. The Morgan fingerprint density at radius 3 is 2.00 bits per heavy atom. The molecule has 0 nitrogen and oxygen atoms in total. The Balaban J connectivity index is 3.90. The van der Waals surface area contributed by atoms with Gasteiger partial charge in [0.2, 0.25) is 0 Å². The molecule has 0 fully saturated rings. The Hall–Kier alpha value is 0.220. The second kappa shape index (κ2) is 2.67. The Kier molecular flexibility index (Phi) is 2.75. The lowest BCUT2D eigenvalue weighted by molar-refractivity contribution is 0.559. The Bertz CT molecular complexity index is 82.4. The molecule has 1 unspecified atom stereocenters. The summed E-state index contributed by atoms with van der Waals surface area (Å²) in [7, 11) is 0. The van der Waals surface area contributed by atoms with Gasteiger partial charge in [-0.1, -0.05) is 35.9 Å². The maximum absolute atomic E-state index is 3.71. The van der Waals surface area contributed by atoms with Crippen LogP contribution in [0.25, 0.3) is 0 Å². The third kappa shape index (κ3) is 1.99. The summed E-state index contributed by atoms with van der Waals surface area (Å²) < 4.78 is 0.118. The van der Waals surface area contributed by atoms with Gasteiger partial charge in [0.05, 0.1) is 0 Å². The molecule has 0 aliphatic carbocycles. The zero-order chi connectivity index (χ0) is 6.78. The van der Waals surface area contributed by atoms with Crippen LogP contribution >= 0.6 is 15.9 Å². The van der Waals surface area contributed by atoms with E-state index in [9.17, 15) is 0 Å². The molecule has 0 amide bonds. The lowest BCUT2D eigenvalue weighted by Gasteiger charge is -2.21. The third-order valence-corrected chi connectivity index (χ3v) is 2.77. The highest BCUT2D eigenvalue weighted by Crippen LogP contribution is 2.27. The molecule has 0 rings (SSSR count). The molecule has 8 heavy (non-hydrogen) atoms. The number of hydrogen-bond acceptors (Lipinski definition) is 0. The van der Waals surface area contributed by atoms with Gasteiger partial charge >= 0.3 is 0 Å². The van der Waals surface area contributed by atoms with E-state index in [1.165, 1.54) is 0 Å². The van der Waals surface area contributed by atoms with E-state index in [1.807, 2.05) is 6.08 Å². The number of rotatable bonds is 2. The van der Waals surface area contributed by atoms with Crippen LogP contribution in [-0.2, 0) is 0 Å². The lowest BCUT2D eigenvalue weighted by atomic mass is 9.98. The molecule has 0 heterocycles. The van der Waals surface area contributed by atoms with Gasteiger partial charge in [-0.05, 0) is 12.8 Å². The molecule has 0 saturated heterocycles. The number of halogens is 1. The highest BCUT2D eigenvalue weighted by molar-refractivity contribution is 9.10. The standard InChI is InChI=1S/C7H13Br/c1-5-7(4,8)6(2)3/h5-6H,1H2,2-4H3. The maximum atomic E-state index is 3.71. The van der Waals surface area contributed by atoms with E-state index in [0.29, 0.717) is 5.92 Å². The van der Waals surface area contributed by atoms with E-state index >= 15 is 0 Å². The van der Waals surface area contributed by atoms with Gasteiger partial charge in [-0.2, -0.15) is 0 Å². The van der Waals surface area contributed by atoms with E-state index in [-0.39, 0.29) is 4.32 Å². The Morgan fingerprint density at radius 1 is 1.62 bits per heavy atom. The Labute approximate surface area is 60.1 Å². The van der Waals surface area contributed by atoms with E-state index in [2.05, 4.69) is 43.3 Å². The molecule has 0 aliphatic rings. The van der Waals surface area contributed by atoms with E-state index in [0.717, 1.165) is 0 Å². The van der Waals surface area contributed by atoms with Gasteiger partial charge in [-0.15, -0.1) is 6.58 Å². The van der Waals surface area contributed by atoms with Crippen LogP contribution in [0.4, 0.5) is 0 Å². The van der Waals surface area contributed by atoms with E-state index < -0.39 is 0 Å². The van der Waals surface area contributed by atoms with Crippen LogP contribution in [0, 0.1) is 5.92 Å². The summed E-state index contributed by atoms with van der Waals surface area (Å²) in [6.45, 7) is 10.1. The van der Waals surface area contributed by atoms with Crippen molar-refractivity contribution in [2.45, 2.75) is 25.1 Å². The molecule has 0 radical (unpaired) electrons. The van der Waals surface area contributed by atoms with Gasteiger partial charge in [0.15, 0.2) is 0 Å². The van der Waals surface area contributed by atoms with Crippen molar-refractivity contribution in [3.05, 3.63) is 12.7 Å². The van der Waals surface area contributed by atoms with Crippen LogP contribution in [-0.4, -0.2) is 4.32 Å². The number of allylic oxidation sites excluding steroid dienone is 1. The largest absolute Gasteiger partial charge is 0.102 e. The topological polar surface area (TPSA) is 0 Å². The summed E-state index contributed by atoms with van der Waals surface area (Å²) in [5, 5.41) is 0. The molecule has 48 valence electrons. The number of alkyl halides is 1. The molecule has 0 spiro atoms. The summed E-state index contributed by atoms with van der Waals surface area (Å²) in [6.07, 6.45) is 1.93. The fraction of sp³-hybridized carbons (Fsp3) is 0.714. The van der Waals surface area contributed by atoms with Gasteiger partial charge in [0.1, 0.15) is 0 Å². The summed E-state index contributed by atoms with van der Waals surface area (Å²) in [5.74, 6) is 0.611. The first-order chi connectivity index (χ1) is 3.50.